The Labute approximate surface area is 167 Å². The van der Waals surface area contributed by atoms with Gasteiger partial charge >= 0.3 is 0 Å². The summed E-state index contributed by atoms with van der Waals surface area (Å²) in [6.45, 7) is 0.651. The van der Waals surface area contributed by atoms with Crippen LogP contribution >= 0.6 is 0 Å². The number of rotatable bonds is 4. The third-order valence-electron chi connectivity index (χ3n) is 4.97. The van der Waals surface area contributed by atoms with Crippen molar-refractivity contribution >= 4 is 11.8 Å². The normalized spacial score (nSPS) is 15.7. The summed E-state index contributed by atoms with van der Waals surface area (Å²) < 4.78 is 15.5. The van der Waals surface area contributed by atoms with E-state index in [0.29, 0.717) is 23.4 Å². The monoisotopic (exact) mass is 393 g/mol. The van der Waals surface area contributed by atoms with Crippen molar-refractivity contribution < 1.29 is 14.0 Å². The summed E-state index contributed by atoms with van der Waals surface area (Å²) in [5, 5.41) is 7.21. The second-order valence-corrected chi connectivity index (χ2v) is 7.00. The Morgan fingerprint density at radius 3 is 2.72 bits per heavy atom. The third kappa shape index (κ3) is 3.87. The van der Waals surface area contributed by atoms with Crippen LogP contribution in [-0.4, -0.2) is 38.0 Å². The lowest BCUT2D eigenvalue weighted by Crippen LogP contribution is -2.43. The number of nitrogens with one attached hydrogen (secondary N) is 1. The third-order valence-corrected chi connectivity index (χ3v) is 4.97. The quantitative estimate of drug-likeness (QED) is 0.735. The van der Waals surface area contributed by atoms with Crippen LogP contribution in [0, 0.1) is 5.82 Å². The molecule has 0 fully saturated rings. The fraction of sp³-hybridized carbons (Fsp3) is 0.238. The molecular formula is C21H20FN5O2. The minimum atomic E-state index is -0.627. The molecule has 2 amide bonds. The SMILES string of the molecule is Cn1cc2c(n1)[C@H](C(=O)NCc1ccccc1F)CN(C(=O)c1ccncc1)C2. The van der Waals surface area contributed by atoms with Crippen LogP contribution in [0.2, 0.25) is 0 Å². The Balaban J connectivity index is 1.55. The van der Waals surface area contributed by atoms with Gasteiger partial charge in [0.2, 0.25) is 5.91 Å². The van der Waals surface area contributed by atoms with Crippen LogP contribution in [0.4, 0.5) is 4.39 Å². The highest BCUT2D eigenvalue weighted by molar-refractivity contribution is 5.95. The molecule has 3 aromatic rings. The molecule has 0 radical (unpaired) electrons. The Kier molecular flexibility index (Phi) is 5.07. The number of benzene rings is 1. The summed E-state index contributed by atoms with van der Waals surface area (Å²) in [6.07, 6.45) is 4.94. The first-order valence-electron chi connectivity index (χ1n) is 9.26. The van der Waals surface area contributed by atoms with Gasteiger partial charge in [0.15, 0.2) is 0 Å². The molecule has 3 heterocycles. The number of fused-ring (bicyclic) bond motifs is 1. The summed E-state index contributed by atoms with van der Waals surface area (Å²) in [6, 6.07) is 9.60. The molecule has 29 heavy (non-hydrogen) atoms. The van der Waals surface area contributed by atoms with Crippen LogP contribution in [-0.2, 0) is 24.9 Å². The topological polar surface area (TPSA) is 80.1 Å². The van der Waals surface area contributed by atoms with Gasteiger partial charge in [-0.25, -0.2) is 4.39 Å². The Morgan fingerprint density at radius 2 is 1.97 bits per heavy atom. The number of amides is 2. The van der Waals surface area contributed by atoms with Gasteiger partial charge in [-0.1, -0.05) is 18.2 Å². The van der Waals surface area contributed by atoms with E-state index in [0.717, 1.165) is 5.56 Å². The molecule has 1 atom stereocenters. The summed E-state index contributed by atoms with van der Waals surface area (Å²) in [4.78, 5) is 31.4. The molecule has 8 heteroatoms. The second kappa shape index (κ2) is 7.83. The van der Waals surface area contributed by atoms with E-state index in [1.165, 1.54) is 6.07 Å². The fourth-order valence-corrected chi connectivity index (χ4v) is 3.53. The number of halogens is 1. The number of pyridine rings is 1. The van der Waals surface area contributed by atoms with Crippen LogP contribution in [0.1, 0.15) is 33.1 Å². The molecule has 1 aliphatic rings. The molecule has 0 spiro atoms. The predicted octanol–water partition coefficient (Wildman–Crippen LogP) is 2.01. The lowest BCUT2D eigenvalue weighted by molar-refractivity contribution is -0.123. The number of aryl methyl sites for hydroxylation is 1. The van der Waals surface area contributed by atoms with E-state index in [4.69, 9.17) is 0 Å². The van der Waals surface area contributed by atoms with Crippen molar-refractivity contribution in [1.29, 1.82) is 0 Å². The van der Waals surface area contributed by atoms with Gasteiger partial charge < -0.3 is 10.2 Å². The highest BCUT2D eigenvalue weighted by Crippen LogP contribution is 2.28. The summed E-state index contributed by atoms with van der Waals surface area (Å²) in [7, 11) is 1.78. The number of hydrogen-bond acceptors (Lipinski definition) is 4. The number of carbonyl (C=O) groups excluding carboxylic acids is 2. The van der Waals surface area contributed by atoms with Crippen molar-refractivity contribution in [3.8, 4) is 0 Å². The summed E-state index contributed by atoms with van der Waals surface area (Å²) in [5.41, 5.74) is 2.39. The Hall–Kier alpha value is -3.55. The molecule has 1 aliphatic heterocycles. The molecule has 4 rings (SSSR count). The van der Waals surface area contributed by atoms with Gasteiger partial charge in [0.1, 0.15) is 5.82 Å². The minimum absolute atomic E-state index is 0.0719. The van der Waals surface area contributed by atoms with Crippen LogP contribution < -0.4 is 5.32 Å². The molecule has 1 N–H and O–H groups in total. The molecule has 7 nitrogen and oxygen atoms in total. The first-order chi connectivity index (χ1) is 14.0. The molecule has 0 aliphatic carbocycles. The number of nitrogens with zero attached hydrogens (tertiary/aromatic N) is 4. The van der Waals surface area contributed by atoms with Gasteiger partial charge in [0.25, 0.3) is 5.91 Å². The van der Waals surface area contributed by atoms with Crippen molar-refractivity contribution in [2.45, 2.75) is 19.0 Å². The maximum absolute atomic E-state index is 13.9. The molecule has 0 saturated heterocycles. The number of hydrogen-bond donors (Lipinski definition) is 1. The highest BCUT2D eigenvalue weighted by Gasteiger charge is 2.35. The van der Waals surface area contributed by atoms with E-state index in [1.54, 1.807) is 59.4 Å². The predicted molar refractivity (Wildman–Crippen MR) is 103 cm³/mol. The highest BCUT2D eigenvalue weighted by atomic mass is 19.1. The van der Waals surface area contributed by atoms with Crippen molar-refractivity contribution in [3.05, 3.63) is 83.2 Å². The van der Waals surface area contributed by atoms with E-state index in [2.05, 4.69) is 15.4 Å². The van der Waals surface area contributed by atoms with Crippen molar-refractivity contribution in [3.63, 3.8) is 0 Å². The first-order valence-corrected chi connectivity index (χ1v) is 9.26. The smallest absolute Gasteiger partial charge is 0.254 e. The van der Waals surface area contributed by atoms with Crippen LogP contribution in [0.15, 0.2) is 55.0 Å². The zero-order chi connectivity index (χ0) is 20.4. The first kappa shape index (κ1) is 18.8. The van der Waals surface area contributed by atoms with Crippen LogP contribution in [0.5, 0.6) is 0 Å². The van der Waals surface area contributed by atoms with Gasteiger partial charge in [-0.15, -0.1) is 0 Å². The number of aromatic nitrogens is 3. The summed E-state index contributed by atoms with van der Waals surface area (Å²) in [5.74, 6) is -1.46. The van der Waals surface area contributed by atoms with Gasteiger partial charge in [0, 0.05) is 62.0 Å². The van der Waals surface area contributed by atoms with Gasteiger partial charge in [0.05, 0.1) is 11.6 Å². The molecule has 148 valence electrons. The van der Waals surface area contributed by atoms with Gasteiger partial charge in [-0.3, -0.25) is 19.3 Å². The molecule has 1 aromatic carbocycles. The lowest BCUT2D eigenvalue weighted by Gasteiger charge is -2.31. The van der Waals surface area contributed by atoms with E-state index < -0.39 is 5.92 Å². The number of carbonyl (C=O) groups is 2. The van der Waals surface area contributed by atoms with E-state index in [-0.39, 0.29) is 30.7 Å². The van der Waals surface area contributed by atoms with Crippen molar-refractivity contribution in [2.24, 2.45) is 7.05 Å². The minimum Gasteiger partial charge on any atom is -0.351 e. The van der Waals surface area contributed by atoms with Crippen molar-refractivity contribution in [1.82, 2.24) is 25.0 Å². The average molecular weight is 393 g/mol. The van der Waals surface area contributed by atoms with Gasteiger partial charge in [-0.05, 0) is 18.2 Å². The average Bonchev–Trinajstić information content (AvgIpc) is 3.12. The van der Waals surface area contributed by atoms with Crippen LogP contribution in [0.3, 0.4) is 0 Å². The van der Waals surface area contributed by atoms with E-state index >= 15 is 0 Å². The molecule has 0 unspecified atom stereocenters. The largest absolute Gasteiger partial charge is 0.351 e. The van der Waals surface area contributed by atoms with Gasteiger partial charge in [-0.2, -0.15) is 5.10 Å². The molecule has 2 aromatic heterocycles. The zero-order valence-electron chi connectivity index (χ0n) is 15.9. The Morgan fingerprint density at radius 1 is 1.21 bits per heavy atom. The lowest BCUT2D eigenvalue weighted by atomic mass is 9.95. The van der Waals surface area contributed by atoms with E-state index in [1.807, 2.05) is 6.20 Å². The van der Waals surface area contributed by atoms with Crippen LogP contribution in [0.25, 0.3) is 0 Å². The second-order valence-electron chi connectivity index (χ2n) is 7.00. The Bertz CT molecular complexity index is 1050. The molecule has 0 saturated carbocycles. The molecular weight excluding hydrogens is 373 g/mol. The summed E-state index contributed by atoms with van der Waals surface area (Å²) >= 11 is 0. The fourth-order valence-electron chi connectivity index (χ4n) is 3.53. The zero-order valence-corrected chi connectivity index (χ0v) is 15.9. The maximum atomic E-state index is 13.9. The van der Waals surface area contributed by atoms with E-state index in [9.17, 15) is 14.0 Å². The standard InChI is InChI=1S/C21H20FN5O2/c1-26-11-16-12-27(21(29)14-6-8-23-9-7-14)13-17(19(16)25-26)20(28)24-10-15-4-2-3-5-18(15)22/h2-9,11,17H,10,12-13H2,1H3,(H,24,28)/t17-/m1/s1. The van der Waals surface area contributed by atoms with Crippen molar-refractivity contribution in [2.75, 3.05) is 6.54 Å². The molecule has 0 bridgehead atoms. The maximum Gasteiger partial charge on any atom is 0.254 e.